The molecule has 0 fully saturated rings. The number of halogens is 1. The van der Waals surface area contributed by atoms with Gasteiger partial charge >= 0.3 is 0 Å². The SMILES string of the molecule is CN(C)c1ccc2cc(C(=O)NS(=O)c3cc(Cl)cc4cccnc34)oc2c1. The number of carbonyl (C=O) groups is 1. The molecule has 142 valence electrons. The molecule has 0 aliphatic carbocycles. The quantitative estimate of drug-likeness (QED) is 0.543. The third kappa shape index (κ3) is 3.46. The number of hydrogen-bond donors (Lipinski definition) is 1. The maximum atomic E-state index is 12.8. The van der Waals surface area contributed by atoms with Crippen molar-refractivity contribution in [2.75, 3.05) is 19.0 Å². The molecule has 2 aromatic carbocycles. The van der Waals surface area contributed by atoms with E-state index in [0.717, 1.165) is 16.5 Å². The Bertz CT molecular complexity index is 1240. The molecule has 1 unspecified atom stereocenters. The molecule has 2 heterocycles. The molecule has 4 rings (SSSR count). The Labute approximate surface area is 168 Å². The van der Waals surface area contributed by atoms with Crippen molar-refractivity contribution in [3.05, 3.63) is 65.5 Å². The maximum absolute atomic E-state index is 12.8. The molecule has 0 radical (unpaired) electrons. The van der Waals surface area contributed by atoms with Crippen molar-refractivity contribution < 1.29 is 13.4 Å². The molecule has 0 aliphatic heterocycles. The van der Waals surface area contributed by atoms with Crippen LogP contribution in [0.1, 0.15) is 10.6 Å². The molecule has 6 nitrogen and oxygen atoms in total. The summed E-state index contributed by atoms with van der Waals surface area (Å²) in [6, 6.07) is 14.1. The number of rotatable bonds is 4. The summed E-state index contributed by atoms with van der Waals surface area (Å²) in [5.41, 5.74) is 2.05. The maximum Gasteiger partial charge on any atom is 0.298 e. The lowest BCUT2D eigenvalue weighted by molar-refractivity contribution is 0.0958. The van der Waals surface area contributed by atoms with Gasteiger partial charge in [-0.1, -0.05) is 17.7 Å². The van der Waals surface area contributed by atoms with Crippen molar-refractivity contribution in [1.82, 2.24) is 9.71 Å². The third-order valence-electron chi connectivity index (χ3n) is 4.26. The zero-order valence-electron chi connectivity index (χ0n) is 15.1. The minimum atomic E-state index is -1.85. The van der Waals surface area contributed by atoms with Gasteiger partial charge in [-0.3, -0.25) is 14.5 Å². The van der Waals surface area contributed by atoms with Crippen LogP contribution in [0.3, 0.4) is 0 Å². The van der Waals surface area contributed by atoms with E-state index in [1.807, 2.05) is 43.3 Å². The average Bonchev–Trinajstić information content (AvgIpc) is 3.10. The summed E-state index contributed by atoms with van der Waals surface area (Å²) in [6.07, 6.45) is 1.60. The van der Waals surface area contributed by atoms with Gasteiger partial charge in [0.05, 0.1) is 10.4 Å². The Kier molecular flexibility index (Phi) is 4.78. The number of benzene rings is 2. The Morgan fingerprint density at radius 1 is 1.14 bits per heavy atom. The second-order valence-corrected chi connectivity index (χ2v) is 8.02. The summed E-state index contributed by atoms with van der Waals surface area (Å²) in [7, 11) is 1.99. The van der Waals surface area contributed by atoms with Crippen LogP contribution in [-0.2, 0) is 11.0 Å². The largest absolute Gasteiger partial charge is 0.451 e. The Balaban J connectivity index is 1.63. The van der Waals surface area contributed by atoms with Gasteiger partial charge in [-0.25, -0.2) is 4.21 Å². The first-order valence-electron chi connectivity index (χ1n) is 8.40. The predicted molar refractivity (Wildman–Crippen MR) is 111 cm³/mol. The highest BCUT2D eigenvalue weighted by atomic mass is 35.5. The number of anilines is 1. The molecule has 28 heavy (non-hydrogen) atoms. The van der Waals surface area contributed by atoms with E-state index in [2.05, 4.69) is 9.71 Å². The highest BCUT2D eigenvalue weighted by Crippen LogP contribution is 2.26. The first-order valence-corrected chi connectivity index (χ1v) is 9.93. The Hall–Kier alpha value is -2.90. The van der Waals surface area contributed by atoms with Crippen LogP contribution in [0.5, 0.6) is 0 Å². The molecular weight excluding hydrogens is 398 g/mol. The molecule has 0 aliphatic rings. The molecular formula is C20H16ClN3O3S. The van der Waals surface area contributed by atoms with Crippen LogP contribution in [0.2, 0.25) is 5.02 Å². The van der Waals surface area contributed by atoms with Gasteiger partial charge in [0.15, 0.2) is 16.7 Å². The third-order valence-corrected chi connectivity index (χ3v) is 5.56. The van der Waals surface area contributed by atoms with E-state index in [-0.39, 0.29) is 5.76 Å². The van der Waals surface area contributed by atoms with E-state index in [9.17, 15) is 9.00 Å². The molecule has 0 saturated carbocycles. The summed E-state index contributed by atoms with van der Waals surface area (Å²) in [6.45, 7) is 0. The summed E-state index contributed by atoms with van der Waals surface area (Å²) in [4.78, 5) is 19.1. The van der Waals surface area contributed by atoms with Gasteiger partial charge in [0.25, 0.3) is 5.91 Å². The number of furan rings is 1. The van der Waals surface area contributed by atoms with Crippen LogP contribution in [0.4, 0.5) is 5.69 Å². The number of nitrogens with zero attached hydrogens (tertiary/aromatic N) is 2. The van der Waals surface area contributed by atoms with E-state index in [0.29, 0.717) is 21.0 Å². The lowest BCUT2D eigenvalue weighted by atomic mass is 10.2. The van der Waals surface area contributed by atoms with E-state index < -0.39 is 16.9 Å². The van der Waals surface area contributed by atoms with Crippen LogP contribution < -0.4 is 9.62 Å². The zero-order valence-corrected chi connectivity index (χ0v) is 16.7. The number of carbonyl (C=O) groups excluding carboxylic acids is 1. The number of amides is 1. The van der Waals surface area contributed by atoms with Crippen LogP contribution >= 0.6 is 11.6 Å². The first kappa shape index (κ1) is 18.5. The Morgan fingerprint density at radius 3 is 2.75 bits per heavy atom. The number of pyridine rings is 1. The van der Waals surface area contributed by atoms with Crippen molar-refractivity contribution >= 4 is 56.1 Å². The molecule has 0 bridgehead atoms. The van der Waals surface area contributed by atoms with E-state index in [1.54, 1.807) is 24.4 Å². The van der Waals surface area contributed by atoms with Crippen molar-refractivity contribution in [3.63, 3.8) is 0 Å². The van der Waals surface area contributed by atoms with Gasteiger partial charge in [0.1, 0.15) is 5.58 Å². The highest BCUT2D eigenvalue weighted by Gasteiger charge is 2.18. The van der Waals surface area contributed by atoms with Crippen LogP contribution in [0.15, 0.2) is 64.0 Å². The molecule has 0 spiro atoms. The molecule has 1 amide bonds. The second-order valence-electron chi connectivity index (χ2n) is 6.41. The summed E-state index contributed by atoms with van der Waals surface area (Å²) in [5.74, 6) is -0.497. The normalized spacial score (nSPS) is 12.2. The summed E-state index contributed by atoms with van der Waals surface area (Å²) in [5, 5.41) is 1.95. The fourth-order valence-electron chi connectivity index (χ4n) is 2.86. The van der Waals surface area contributed by atoms with Crippen LogP contribution in [0.25, 0.3) is 21.9 Å². The minimum Gasteiger partial charge on any atom is -0.451 e. The van der Waals surface area contributed by atoms with E-state index in [4.69, 9.17) is 16.0 Å². The van der Waals surface area contributed by atoms with Crippen molar-refractivity contribution in [2.45, 2.75) is 4.90 Å². The smallest absolute Gasteiger partial charge is 0.298 e. The van der Waals surface area contributed by atoms with Gasteiger partial charge < -0.3 is 9.32 Å². The molecule has 2 aromatic heterocycles. The standard InChI is InChI=1S/C20H16ClN3O3S/c1-24(2)15-6-5-12-9-17(27-16(12)11-15)20(25)23-28(26)18-10-14(21)8-13-4-3-7-22-19(13)18/h3-11H,1-2H3,(H,23,25). The van der Waals surface area contributed by atoms with E-state index >= 15 is 0 Å². The highest BCUT2D eigenvalue weighted by molar-refractivity contribution is 7.84. The van der Waals surface area contributed by atoms with Crippen molar-refractivity contribution in [1.29, 1.82) is 0 Å². The van der Waals surface area contributed by atoms with Crippen LogP contribution in [0, 0.1) is 0 Å². The second kappa shape index (κ2) is 7.26. The van der Waals surface area contributed by atoms with Gasteiger partial charge in [-0.2, -0.15) is 0 Å². The van der Waals surface area contributed by atoms with E-state index in [1.165, 1.54) is 6.07 Å². The molecule has 8 heteroatoms. The molecule has 0 saturated heterocycles. The van der Waals surface area contributed by atoms with Crippen molar-refractivity contribution in [2.24, 2.45) is 0 Å². The van der Waals surface area contributed by atoms with Crippen molar-refractivity contribution in [3.8, 4) is 0 Å². The van der Waals surface area contributed by atoms with Gasteiger partial charge in [-0.05, 0) is 36.4 Å². The Morgan fingerprint density at radius 2 is 1.96 bits per heavy atom. The van der Waals surface area contributed by atoms with Gasteiger partial charge in [-0.15, -0.1) is 0 Å². The average molecular weight is 414 g/mol. The number of nitrogens with one attached hydrogen (secondary N) is 1. The fraction of sp³-hybridized carbons (Fsp3) is 0.100. The lowest BCUT2D eigenvalue weighted by Gasteiger charge is -2.11. The monoisotopic (exact) mass is 413 g/mol. The van der Waals surface area contributed by atoms with Gasteiger partial charge in [0.2, 0.25) is 0 Å². The molecule has 4 aromatic rings. The molecule has 1 N–H and O–H groups in total. The first-order chi connectivity index (χ1) is 13.4. The minimum absolute atomic E-state index is 0.0820. The summed E-state index contributed by atoms with van der Waals surface area (Å²) < 4.78 is 20.9. The number of fused-ring (bicyclic) bond motifs is 2. The number of hydrogen-bond acceptors (Lipinski definition) is 5. The topological polar surface area (TPSA) is 75.4 Å². The zero-order chi connectivity index (χ0) is 19.8. The number of aromatic nitrogens is 1. The fourth-order valence-corrected chi connectivity index (χ4v) is 4.12. The predicted octanol–water partition coefficient (Wildman–Crippen LogP) is 4.15. The van der Waals surface area contributed by atoms with Crippen LogP contribution in [-0.4, -0.2) is 29.2 Å². The van der Waals surface area contributed by atoms with Gasteiger partial charge in [0, 0.05) is 47.8 Å². The summed E-state index contributed by atoms with van der Waals surface area (Å²) >= 11 is 6.12. The molecule has 1 atom stereocenters. The lowest BCUT2D eigenvalue weighted by Crippen LogP contribution is -2.25.